The molecular weight excluding hydrogens is 210 g/mol. The van der Waals surface area contributed by atoms with Crippen molar-refractivity contribution in [2.45, 2.75) is 33.2 Å². The summed E-state index contributed by atoms with van der Waals surface area (Å²) in [6.45, 7) is 10.1. The molecule has 0 unspecified atom stereocenters. The molecule has 17 heavy (non-hydrogen) atoms. The van der Waals surface area contributed by atoms with Crippen LogP contribution in [0.5, 0.6) is 5.75 Å². The number of rotatable bonds is 5. The van der Waals surface area contributed by atoms with E-state index in [9.17, 15) is 0 Å². The van der Waals surface area contributed by atoms with Crippen LogP contribution in [-0.4, -0.2) is 18.7 Å². The quantitative estimate of drug-likeness (QED) is 0.840. The van der Waals surface area contributed by atoms with E-state index in [1.54, 1.807) is 0 Å². The van der Waals surface area contributed by atoms with Crippen LogP contribution in [0.4, 0.5) is 0 Å². The zero-order valence-corrected chi connectivity index (χ0v) is 11.3. The first-order valence-corrected chi connectivity index (χ1v) is 6.16. The number of hydrogen-bond donors (Lipinski definition) is 1. The molecule has 0 atom stereocenters. The van der Waals surface area contributed by atoms with Crippen LogP contribution in [0, 0.1) is 0 Å². The second-order valence-electron chi connectivity index (χ2n) is 5.04. The minimum atomic E-state index is 0.164. The monoisotopic (exact) mass is 233 g/mol. The van der Waals surface area contributed by atoms with Gasteiger partial charge in [0, 0.05) is 12.1 Å². The Kier molecular flexibility index (Phi) is 5.23. The van der Waals surface area contributed by atoms with E-state index in [0.717, 1.165) is 12.3 Å². The van der Waals surface area contributed by atoms with Crippen molar-refractivity contribution in [3.63, 3.8) is 0 Å². The molecule has 0 aliphatic carbocycles. The third-order valence-corrected chi connectivity index (χ3v) is 2.23. The van der Waals surface area contributed by atoms with E-state index in [0.29, 0.717) is 6.61 Å². The van der Waals surface area contributed by atoms with Crippen molar-refractivity contribution in [2.24, 2.45) is 0 Å². The van der Waals surface area contributed by atoms with Crippen LogP contribution in [0.2, 0.25) is 0 Å². The van der Waals surface area contributed by atoms with Crippen LogP contribution in [0.3, 0.4) is 0 Å². The lowest BCUT2D eigenvalue weighted by molar-refractivity contribution is 0.340. The summed E-state index contributed by atoms with van der Waals surface area (Å²) in [5, 5.41) is 3.41. The van der Waals surface area contributed by atoms with E-state index < -0.39 is 0 Å². The van der Waals surface area contributed by atoms with Crippen LogP contribution in [0.25, 0.3) is 6.08 Å². The van der Waals surface area contributed by atoms with Crippen LogP contribution >= 0.6 is 0 Å². The molecule has 1 N–H and O–H groups in total. The fourth-order valence-corrected chi connectivity index (χ4v) is 1.43. The molecule has 94 valence electrons. The van der Waals surface area contributed by atoms with Gasteiger partial charge in [-0.2, -0.15) is 0 Å². The molecule has 0 bridgehead atoms. The fraction of sp³-hybridized carbons (Fsp3) is 0.467. The van der Waals surface area contributed by atoms with Crippen molar-refractivity contribution >= 4 is 6.08 Å². The fourth-order valence-electron chi connectivity index (χ4n) is 1.43. The van der Waals surface area contributed by atoms with E-state index >= 15 is 0 Å². The predicted molar refractivity (Wildman–Crippen MR) is 74.4 cm³/mol. The van der Waals surface area contributed by atoms with Crippen molar-refractivity contribution < 1.29 is 4.74 Å². The molecule has 0 aromatic heterocycles. The zero-order valence-electron chi connectivity index (χ0n) is 11.3. The normalized spacial score (nSPS) is 12.0. The van der Waals surface area contributed by atoms with Gasteiger partial charge >= 0.3 is 0 Å². The third kappa shape index (κ3) is 6.12. The summed E-state index contributed by atoms with van der Waals surface area (Å²) in [6.07, 6.45) is 4.25. The second kappa shape index (κ2) is 6.45. The molecule has 0 saturated carbocycles. The lowest BCUT2D eigenvalue weighted by Crippen LogP contribution is -2.35. The number of hydrogen-bond acceptors (Lipinski definition) is 2. The molecule has 0 fully saturated rings. The highest BCUT2D eigenvalue weighted by Gasteiger charge is 2.05. The van der Waals surface area contributed by atoms with E-state index in [4.69, 9.17) is 4.74 Å². The Bertz CT molecular complexity index is 363. The largest absolute Gasteiger partial charge is 0.494 e. The van der Waals surface area contributed by atoms with E-state index in [2.05, 4.69) is 50.4 Å². The Morgan fingerprint density at radius 2 is 2.06 bits per heavy atom. The molecule has 2 heteroatoms. The molecule has 0 saturated heterocycles. The predicted octanol–water partition coefficient (Wildman–Crippen LogP) is 3.49. The average Bonchev–Trinajstić information content (AvgIpc) is 2.24. The average molecular weight is 233 g/mol. The lowest BCUT2D eigenvalue weighted by Gasteiger charge is -2.18. The summed E-state index contributed by atoms with van der Waals surface area (Å²) >= 11 is 0. The van der Waals surface area contributed by atoms with Crippen molar-refractivity contribution in [2.75, 3.05) is 13.2 Å². The summed E-state index contributed by atoms with van der Waals surface area (Å²) in [4.78, 5) is 0. The topological polar surface area (TPSA) is 21.3 Å². The zero-order chi connectivity index (χ0) is 12.7. The maximum atomic E-state index is 5.46. The Hall–Kier alpha value is -1.28. The smallest absolute Gasteiger partial charge is 0.119 e. The van der Waals surface area contributed by atoms with Gasteiger partial charge in [0.25, 0.3) is 0 Å². The van der Waals surface area contributed by atoms with Crippen LogP contribution < -0.4 is 10.1 Å². The molecule has 0 radical (unpaired) electrons. The van der Waals surface area contributed by atoms with Crippen LogP contribution in [0.15, 0.2) is 30.3 Å². The second-order valence-corrected chi connectivity index (χ2v) is 5.04. The van der Waals surface area contributed by atoms with Gasteiger partial charge in [-0.15, -0.1) is 0 Å². The highest BCUT2D eigenvalue weighted by Crippen LogP contribution is 2.14. The maximum Gasteiger partial charge on any atom is 0.119 e. The highest BCUT2D eigenvalue weighted by atomic mass is 16.5. The van der Waals surface area contributed by atoms with E-state index in [1.807, 2.05) is 19.1 Å². The summed E-state index contributed by atoms with van der Waals surface area (Å²) in [7, 11) is 0. The van der Waals surface area contributed by atoms with Gasteiger partial charge < -0.3 is 10.1 Å². The standard InChI is InChI=1S/C15H23NO/c1-5-17-14-10-6-8-13(12-14)9-7-11-16-15(2,3)4/h6-10,12,16H,5,11H2,1-4H3. The Morgan fingerprint density at radius 1 is 1.29 bits per heavy atom. The molecule has 1 aromatic rings. The third-order valence-electron chi connectivity index (χ3n) is 2.23. The molecule has 0 aliphatic heterocycles. The molecular formula is C15H23NO. The van der Waals surface area contributed by atoms with Crippen molar-refractivity contribution in [1.82, 2.24) is 5.32 Å². The van der Waals surface area contributed by atoms with Crippen molar-refractivity contribution in [1.29, 1.82) is 0 Å². The molecule has 0 heterocycles. The lowest BCUT2D eigenvalue weighted by atomic mass is 10.1. The summed E-state index contributed by atoms with van der Waals surface area (Å²) in [6, 6.07) is 8.13. The van der Waals surface area contributed by atoms with Gasteiger partial charge in [-0.05, 0) is 45.4 Å². The molecule has 0 amide bonds. The van der Waals surface area contributed by atoms with Crippen molar-refractivity contribution in [3.05, 3.63) is 35.9 Å². The van der Waals surface area contributed by atoms with Gasteiger partial charge in [0.05, 0.1) is 6.61 Å². The summed E-state index contributed by atoms with van der Waals surface area (Å²) in [5.74, 6) is 0.929. The van der Waals surface area contributed by atoms with E-state index in [-0.39, 0.29) is 5.54 Å². The molecule has 0 aliphatic rings. The van der Waals surface area contributed by atoms with Gasteiger partial charge in [-0.1, -0.05) is 24.3 Å². The van der Waals surface area contributed by atoms with Crippen LogP contribution in [0.1, 0.15) is 33.3 Å². The number of ether oxygens (including phenoxy) is 1. The SMILES string of the molecule is CCOc1cccc(C=CCNC(C)(C)C)c1. The first kappa shape index (κ1) is 13.8. The first-order chi connectivity index (χ1) is 8.01. The van der Waals surface area contributed by atoms with Gasteiger partial charge in [-0.3, -0.25) is 0 Å². The van der Waals surface area contributed by atoms with Gasteiger partial charge in [0.2, 0.25) is 0 Å². The molecule has 1 rings (SSSR count). The Balaban J connectivity index is 2.50. The summed E-state index contributed by atoms with van der Waals surface area (Å²) < 4.78 is 5.46. The number of benzene rings is 1. The highest BCUT2D eigenvalue weighted by molar-refractivity contribution is 5.51. The number of nitrogens with one attached hydrogen (secondary N) is 1. The molecule has 2 nitrogen and oxygen atoms in total. The van der Waals surface area contributed by atoms with Crippen LogP contribution in [-0.2, 0) is 0 Å². The first-order valence-electron chi connectivity index (χ1n) is 6.16. The van der Waals surface area contributed by atoms with Gasteiger partial charge in [0.15, 0.2) is 0 Å². The Labute approximate surface area is 105 Å². The summed E-state index contributed by atoms with van der Waals surface area (Å²) in [5.41, 5.74) is 1.34. The van der Waals surface area contributed by atoms with Crippen molar-refractivity contribution in [3.8, 4) is 5.75 Å². The minimum absolute atomic E-state index is 0.164. The minimum Gasteiger partial charge on any atom is -0.494 e. The molecule has 0 spiro atoms. The Morgan fingerprint density at radius 3 is 2.71 bits per heavy atom. The van der Waals surface area contributed by atoms with E-state index in [1.165, 1.54) is 5.56 Å². The maximum absolute atomic E-state index is 5.46. The molecule has 1 aromatic carbocycles. The van der Waals surface area contributed by atoms with Gasteiger partial charge in [-0.25, -0.2) is 0 Å². The van der Waals surface area contributed by atoms with Gasteiger partial charge in [0.1, 0.15) is 5.75 Å².